The Labute approximate surface area is 184 Å². The van der Waals surface area contributed by atoms with Crippen molar-refractivity contribution in [2.45, 2.75) is 33.1 Å². The van der Waals surface area contributed by atoms with Gasteiger partial charge in [0.1, 0.15) is 5.70 Å². The fourth-order valence-corrected chi connectivity index (χ4v) is 4.60. The van der Waals surface area contributed by atoms with Crippen molar-refractivity contribution < 1.29 is 14.4 Å². The van der Waals surface area contributed by atoms with E-state index in [4.69, 9.17) is 0 Å². The van der Waals surface area contributed by atoms with Crippen molar-refractivity contribution in [1.82, 2.24) is 14.7 Å². The number of imide groups is 1. The molecule has 4 rings (SSSR count). The van der Waals surface area contributed by atoms with Crippen LogP contribution in [0.25, 0.3) is 0 Å². The van der Waals surface area contributed by atoms with E-state index < -0.39 is 0 Å². The van der Waals surface area contributed by atoms with Gasteiger partial charge in [-0.2, -0.15) is 0 Å². The molecule has 3 aliphatic rings. The fraction of sp³-hybridized carbons (Fsp3) is 0.542. The van der Waals surface area contributed by atoms with Crippen molar-refractivity contribution >= 4 is 23.4 Å². The first-order valence-corrected chi connectivity index (χ1v) is 11.4. The highest BCUT2D eigenvalue weighted by Crippen LogP contribution is 2.28. The zero-order valence-corrected chi connectivity index (χ0v) is 18.5. The van der Waals surface area contributed by atoms with Crippen LogP contribution >= 0.6 is 0 Å². The zero-order chi connectivity index (χ0) is 22.0. The Hall–Kier alpha value is -2.67. The van der Waals surface area contributed by atoms with Gasteiger partial charge in [0.15, 0.2) is 0 Å². The number of carbonyl (C=O) groups excluding carboxylic acids is 3. The number of likely N-dealkylation sites (tertiary alicyclic amines) is 1. The number of piperazine rings is 1. The van der Waals surface area contributed by atoms with Crippen LogP contribution < -0.4 is 4.90 Å². The summed E-state index contributed by atoms with van der Waals surface area (Å²) in [5.74, 6) is 0.0679. The Kier molecular flexibility index (Phi) is 6.41. The molecule has 0 atom stereocenters. The molecule has 3 aliphatic heterocycles. The summed E-state index contributed by atoms with van der Waals surface area (Å²) in [6.45, 7) is 10.3. The molecule has 31 heavy (non-hydrogen) atoms. The molecule has 2 fully saturated rings. The average Bonchev–Trinajstić information content (AvgIpc) is 3.08. The Balaban J connectivity index is 1.40. The van der Waals surface area contributed by atoms with E-state index in [0.717, 1.165) is 65.1 Å². The minimum absolute atomic E-state index is 0.00280. The molecule has 0 radical (unpaired) electrons. The molecule has 0 spiro atoms. The second kappa shape index (κ2) is 9.22. The van der Waals surface area contributed by atoms with E-state index in [1.165, 1.54) is 11.0 Å². The number of carbonyl (C=O) groups is 3. The van der Waals surface area contributed by atoms with Crippen molar-refractivity contribution in [3.05, 3.63) is 41.6 Å². The van der Waals surface area contributed by atoms with Crippen molar-refractivity contribution in [3.8, 4) is 0 Å². The molecule has 0 aliphatic carbocycles. The van der Waals surface area contributed by atoms with Gasteiger partial charge in [-0.15, -0.1) is 0 Å². The molecule has 0 aromatic heterocycles. The maximum Gasteiger partial charge on any atom is 0.281 e. The zero-order valence-electron chi connectivity index (χ0n) is 18.5. The van der Waals surface area contributed by atoms with Gasteiger partial charge < -0.3 is 9.80 Å². The first kappa shape index (κ1) is 21.6. The highest BCUT2D eigenvalue weighted by molar-refractivity contribution is 6.30. The van der Waals surface area contributed by atoms with Gasteiger partial charge in [-0.3, -0.25) is 19.3 Å². The SMILES string of the molecule is CCCN1CCN(C(=O)c2ccc(N3C(=O)C=C(N4CCC(C)CC4)C3=O)cc2)CC1. The number of piperidine rings is 1. The lowest BCUT2D eigenvalue weighted by molar-refractivity contribution is -0.121. The van der Waals surface area contributed by atoms with Gasteiger partial charge in [0.05, 0.1) is 5.69 Å². The summed E-state index contributed by atoms with van der Waals surface area (Å²) in [6.07, 6.45) is 4.63. The molecular formula is C24H32N4O3. The molecule has 1 aromatic carbocycles. The molecular weight excluding hydrogens is 392 g/mol. The number of nitrogens with zero attached hydrogens (tertiary/aromatic N) is 4. The van der Waals surface area contributed by atoms with Crippen LogP contribution in [0.15, 0.2) is 36.0 Å². The molecule has 166 valence electrons. The Morgan fingerprint density at radius 2 is 1.61 bits per heavy atom. The molecule has 2 saturated heterocycles. The number of rotatable bonds is 5. The second-order valence-corrected chi connectivity index (χ2v) is 8.86. The molecule has 3 heterocycles. The Bertz CT molecular complexity index is 863. The van der Waals surface area contributed by atoms with Gasteiger partial charge in [-0.05, 0) is 56.0 Å². The number of amides is 3. The topological polar surface area (TPSA) is 64.2 Å². The predicted molar refractivity (Wildman–Crippen MR) is 120 cm³/mol. The molecule has 7 nitrogen and oxygen atoms in total. The van der Waals surface area contributed by atoms with Crippen LogP contribution in [0.1, 0.15) is 43.5 Å². The molecule has 0 bridgehead atoms. The van der Waals surface area contributed by atoms with E-state index in [-0.39, 0.29) is 17.7 Å². The van der Waals surface area contributed by atoms with Gasteiger partial charge in [0.25, 0.3) is 17.7 Å². The van der Waals surface area contributed by atoms with Gasteiger partial charge in [-0.1, -0.05) is 13.8 Å². The predicted octanol–water partition coefficient (Wildman–Crippen LogP) is 2.34. The minimum Gasteiger partial charge on any atom is -0.367 e. The second-order valence-electron chi connectivity index (χ2n) is 8.86. The molecule has 3 amide bonds. The Morgan fingerprint density at radius 1 is 0.968 bits per heavy atom. The van der Waals surface area contributed by atoms with Crippen LogP contribution in [0.4, 0.5) is 5.69 Å². The molecule has 0 saturated carbocycles. The van der Waals surface area contributed by atoms with Gasteiger partial charge >= 0.3 is 0 Å². The summed E-state index contributed by atoms with van der Waals surface area (Å²) < 4.78 is 0. The van der Waals surface area contributed by atoms with Gasteiger partial charge in [0, 0.05) is 50.9 Å². The summed E-state index contributed by atoms with van der Waals surface area (Å²) in [7, 11) is 0. The van der Waals surface area contributed by atoms with Crippen molar-refractivity contribution in [2.24, 2.45) is 5.92 Å². The van der Waals surface area contributed by atoms with E-state index >= 15 is 0 Å². The summed E-state index contributed by atoms with van der Waals surface area (Å²) in [4.78, 5) is 45.9. The lowest BCUT2D eigenvalue weighted by Crippen LogP contribution is -2.48. The standard InChI is InChI=1S/C24H32N4O3/c1-3-10-25-13-15-27(16-14-25)23(30)19-4-6-20(7-5-19)28-22(29)17-21(24(28)31)26-11-8-18(2)9-12-26/h4-7,17-18H,3,8-16H2,1-2H3. The highest BCUT2D eigenvalue weighted by Gasteiger charge is 2.36. The molecule has 7 heteroatoms. The highest BCUT2D eigenvalue weighted by atomic mass is 16.2. The summed E-state index contributed by atoms with van der Waals surface area (Å²) in [5.41, 5.74) is 1.59. The fourth-order valence-electron chi connectivity index (χ4n) is 4.60. The number of hydrogen-bond donors (Lipinski definition) is 0. The summed E-state index contributed by atoms with van der Waals surface area (Å²) in [5, 5.41) is 0. The van der Waals surface area contributed by atoms with E-state index in [1.807, 2.05) is 9.80 Å². The first-order valence-electron chi connectivity index (χ1n) is 11.4. The summed E-state index contributed by atoms with van der Waals surface area (Å²) in [6, 6.07) is 6.84. The maximum absolute atomic E-state index is 13.0. The van der Waals surface area contributed by atoms with E-state index in [0.29, 0.717) is 22.9 Å². The van der Waals surface area contributed by atoms with Crippen molar-refractivity contribution in [2.75, 3.05) is 50.7 Å². The monoisotopic (exact) mass is 424 g/mol. The lowest BCUT2D eigenvalue weighted by atomic mass is 9.99. The van der Waals surface area contributed by atoms with E-state index in [1.54, 1.807) is 24.3 Å². The molecule has 0 unspecified atom stereocenters. The third kappa shape index (κ3) is 4.51. The van der Waals surface area contributed by atoms with E-state index in [9.17, 15) is 14.4 Å². The van der Waals surface area contributed by atoms with Gasteiger partial charge in [-0.25, -0.2) is 4.90 Å². The largest absolute Gasteiger partial charge is 0.367 e. The van der Waals surface area contributed by atoms with Crippen LogP contribution in [0.5, 0.6) is 0 Å². The smallest absolute Gasteiger partial charge is 0.281 e. The molecule has 1 aromatic rings. The van der Waals surface area contributed by atoms with Crippen LogP contribution in [0.3, 0.4) is 0 Å². The Morgan fingerprint density at radius 3 is 2.23 bits per heavy atom. The van der Waals surface area contributed by atoms with Crippen molar-refractivity contribution in [1.29, 1.82) is 0 Å². The normalized spacial score (nSPS) is 21.1. The van der Waals surface area contributed by atoms with Crippen LogP contribution in [-0.4, -0.2) is 78.2 Å². The first-order chi connectivity index (χ1) is 15.0. The lowest BCUT2D eigenvalue weighted by Gasteiger charge is -2.34. The third-order valence-electron chi connectivity index (χ3n) is 6.60. The van der Waals surface area contributed by atoms with Crippen molar-refractivity contribution in [3.63, 3.8) is 0 Å². The number of benzene rings is 1. The quantitative estimate of drug-likeness (QED) is 0.679. The summed E-state index contributed by atoms with van der Waals surface area (Å²) >= 11 is 0. The van der Waals surface area contributed by atoms with Crippen LogP contribution in [-0.2, 0) is 9.59 Å². The molecule has 0 N–H and O–H groups in total. The van der Waals surface area contributed by atoms with Gasteiger partial charge in [0.2, 0.25) is 0 Å². The van der Waals surface area contributed by atoms with E-state index in [2.05, 4.69) is 18.7 Å². The number of anilines is 1. The van der Waals surface area contributed by atoms with Crippen LogP contribution in [0, 0.1) is 5.92 Å². The van der Waals surface area contributed by atoms with Crippen LogP contribution in [0.2, 0.25) is 0 Å². The maximum atomic E-state index is 13.0. The average molecular weight is 425 g/mol. The third-order valence-corrected chi connectivity index (χ3v) is 6.60. The number of hydrogen-bond acceptors (Lipinski definition) is 5. The minimum atomic E-state index is -0.315.